The van der Waals surface area contributed by atoms with Crippen molar-refractivity contribution < 1.29 is 0 Å². The predicted molar refractivity (Wildman–Crippen MR) is 77.2 cm³/mol. The van der Waals surface area contributed by atoms with Gasteiger partial charge in [-0.2, -0.15) is 5.10 Å². The Balaban J connectivity index is 1.52. The van der Waals surface area contributed by atoms with Gasteiger partial charge in [0.15, 0.2) is 0 Å². The zero-order chi connectivity index (χ0) is 13.2. The molecule has 1 aliphatic rings. The van der Waals surface area contributed by atoms with Gasteiger partial charge in [-0.05, 0) is 12.5 Å². The third kappa shape index (κ3) is 2.82. The normalized spacial score (nSPS) is 18.2. The Morgan fingerprint density at radius 3 is 2.68 bits per heavy atom. The fourth-order valence-electron chi connectivity index (χ4n) is 2.69. The maximum Gasteiger partial charge on any atom is 0.0785 e. The molecule has 1 unspecified atom stereocenters. The number of benzene rings is 1. The van der Waals surface area contributed by atoms with E-state index in [9.17, 15) is 0 Å². The fourth-order valence-corrected chi connectivity index (χ4v) is 2.84. The van der Waals surface area contributed by atoms with Crippen LogP contribution in [-0.2, 0) is 6.54 Å². The van der Waals surface area contributed by atoms with Gasteiger partial charge < -0.3 is 0 Å². The van der Waals surface area contributed by atoms with Crippen LogP contribution in [-0.4, -0.2) is 27.8 Å². The Bertz CT molecular complexity index is 531. The smallest absolute Gasteiger partial charge is 0.0785 e. The van der Waals surface area contributed by atoms with Crippen LogP contribution >= 0.6 is 11.6 Å². The molecule has 0 spiro atoms. The first-order valence-corrected chi connectivity index (χ1v) is 7.07. The molecule has 0 saturated carbocycles. The van der Waals surface area contributed by atoms with Gasteiger partial charge in [0.2, 0.25) is 0 Å². The summed E-state index contributed by atoms with van der Waals surface area (Å²) in [5.41, 5.74) is 1.39. The van der Waals surface area contributed by atoms with Gasteiger partial charge >= 0.3 is 0 Å². The maximum atomic E-state index is 5.87. The van der Waals surface area contributed by atoms with E-state index in [0.717, 1.165) is 19.6 Å². The molecule has 3 nitrogen and oxygen atoms in total. The van der Waals surface area contributed by atoms with Crippen molar-refractivity contribution in [3.63, 3.8) is 0 Å². The molecular weight excluding hydrogens is 258 g/mol. The Labute approximate surface area is 118 Å². The Hall–Kier alpha value is -1.32. The van der Waals surface area contributed by atoms with E-state index in [1.807, 2.05) is 10.9 Å². The van der Waals surface area contributed by atoms with Gasteiger partial charge in [-0.3, -0.25) is 9.58 Å². The molecule has 1 fully saturated rings. The molecule has 3 rings (SSSR count). The van der Waals surface area contributed by atoms with Crippen LogP contribution in [0.3, 0.4) is 0 Å². The summed E-state index contributed by atoms with van der Waals surface area (Å²) in [4.78, 5) is 2.51. The molecule has 2 heterocycles. The molecule has 0 radical (unpaired) electrons. The lowest BCUT2D eigenvalue weighted by atomic mass is 9.95. The minimum Gasteiger partial charge on any atom is -0.296 e. The molecule has 0 bridgehead atoms. The first-order valence-electron chi connectivity index (χ1n) is 6.69. The molecule has 100 valence electrons. The standard InChI is InChI=1S/C15H18ClN3/c1-12(14-5-3-2-4-6-14)18-8-13(9-18)10-19-11-15(16)7-17-19/h2-7,11-13H,8-10H2,1H3. The van der Waals surface area contributed by atoms with Gasteiger partial charge in [-0.25, -0.2) is 0 Å². The summed E-state index contributed by atoms with van der Waals surface area (Å²) in [6.07, 6.45) is 3.59. The summed E-state index contributed by atoms with van der Waals surface area (Å²) in [7, 11) is 0. The molecule has 1 atom stereocenters. The molecule has 0 N–H and O–H groups in total. The van der Waals surface area contributed by atoms with E-state index in [0.29, 0.717) is 17.0 Å². The lowest BCUT2D eigenvalue weighted by Crippen LogP contribution is -2.49. The largest absolute Gasteiger partial charge is 0.296 e. The molecule has 1 aromatic heterocycles. The molecule has 4 heteroatoms. The first kappa shape index (κ1) is 12.7. The van der Waals surface area contributed by atoms with Crippen LogP contribution in [0.25, 0.3) is 0 Å². The van der Waals surface area contributed by atoms with Gasteiger partial charge in [0, 0.05) is 37.8 Å². The minimum atomic E-state index is 0.499. The van der Waals surface area contributed by atoms with Gasteiger partial charge in [0.25, 0.3) is 0 Å². The number of nitrogens with zero attached hydrogens (tertiary/aromatic N) is 3. The second kappa shape index (κ2) is 5.35. The van der Waals surface area contributed by atoms with Crippen molar-refractivity contribution in [1.29, 1.82) is 0 Å². The molecule has 1 saturated heterocycles. The quantitative estimate of drug-likeness (QED) is 0.854. The number of likely N-dealkylation sites (tertiary alicyclic amines) is 1. The number of hydrogen-bond acceptors (Lipinski definition) is 2. The monoisotopic (exact) mass is 275 g/mol. The van der Waals surface area contributed by atoms with E-state index in [1.165, 1.54) is 5.56 Å². The summed E-state index contributed by atoms with van der Waals surface area (Å²) >= 11 is 5.87. The van der Waals surface area contributed by atoms with Gasteiger partial charge in [-0.1, -0.05) is 41.9 Å². The zero-order valence-corrected chi connectivity index (χ0v) is 11.8. The summed E-state index contributed by atoms with van der Waals surface area (Å²) in [6, 6.07) is 11.2. The van der Waals surface area contributed by atoms with Crippen molar-refractivity contribution in [3.8, 4) is 0 Å². The predicted octanol–water partition coefficient (Wildman–Crippen LogP) is 3.23. The highest BCUT2D eigenvalue weighted by molar-refractivity contribution is 6.30. The van der Waals surface area contributed by atoms with E-state index >= 15 is 0 Å². The molecule has 1 aromatic carbocycles. The lowest BCUT2D eigenvalue weighted by Gasteiger charge is -2.43. The highest BCUT2D eigenvalue weighted by Crippen LogP contribution is 2.29. The average Bonchev–Trinajstić information content (AvgIpc) is 2.79. The van der Waals surface area contributed by atoms with Crippen molar-refractivity contribution >= 4 is 11.6 Å². The molecular formula is C15H18ClN3. The summed E-state index contributed by atoms with van der Waals surface area (Å²) in [5.74, 6) is 0.683. The van der Waals surface area contributed by atoms with E-state index < -0.39 is 0 Å². The van der Waals surface area contributed by atoms with E-state index in [2.05, 4.69) is 47.3 Å². The molecule has 19 heavy (non-hydrogen) atoms. The van der Waals surface area contributed by atoms with Crippen molar-refractivity contribution in [2.45, 2.75) is 19.5 Å². The third-order valence-corrected chi connectivity index (χ3v) is 4.06. The third-order valence-electron chi connectivity index (χ3n) is 3.86. The minimum absolute atomic E-state index is 0.499. The Kier molecular flexibility index (Phi) is 3.58. The van der Waals surface area contributed by atoms with Crippen molar-refractivity contribution in [2.24, 2.45) is 5.92 Å². The number of rotatable bonds is 4. The number of halogens is 1. The van der Waals surface area contributed by atoms with Gasteiger partial charge in [0.05, 0.1) is 11.2 Å². The van der Waals surface area contributed by atoms with Crippen LogP contribution in [0.5, 0.6) is 0 Å². The van der Waals surface area contributed by atoms with Crippen LogP contribution < -0.4 is 0 Å². The Morgan fingerprint density at radius 1 is 1.32 bits per heavy atom. The van der Waals surface area contributed by atoms with E-state index in [4.69, 9.17) is 11.6 Å². The van der Waals surface area contributed by atoms with Crippen LogP contribution in [0.15, 0.2) is 42.7 Å². The summed E-state index contributed by atoms with van der Waals surface area (Å²) in [6.45, 7) is 5.50. The fraction of sp³-hybridized carbons (Fsp3) is 0.400. The number of aromatic nitrogens is 2. The molecule has 0 amide bonds. The SMILES string of the molecule is CC(c1ccccc1)N1CC(Cn2cc(Cl)cn2)C1. The molecule has 0 aliphatic carbocycles. The topological polar surface area (TPSA) is 21.1 Å². The lowest BCUT2D eigenvalue weighted by molar-refractivity contribution is 0.0478. The summed E-state index contributed by atoms with van der Waals surface area (Å²) in [5, 5.41) is 4.95. The van der Waals surface area contributed by atoms with Crippen LogP contribution in [0, 0.1) is 5.92 Å². The van der Waals surface area contributed by atoms with E-state index in [-0.39, 0.29) is 0 Å². The highest BCUT2D eigenvalue weighted by Gasteiger charge is 2.31. The average molecular weight is 276 g/mol. The number of hydrogen-bond donors (Lipinski definition) is 0. The maximum absolute atomic E-state index is 5.87. The molecule has 1 aliphatic heterocycles. The second-order valence-corrected chi connectivity index (χ2v) is 5.72. The highest BCUT2D eigenvalue weighted by atomic mass is 35.5. The van der Waals surface area contributed by atoms with Crippen molar-refractivity contribution in [2.75, 3.05) is 13.1 Å². The van der Waals surface area contributed by atoms with Crippen LogP contribution in [0.2, 0.25) is 5.02 Å². The second-order valence-electron chi connectivity index (χ2n) is 5.29. The van der Waals surface area contributed by atoms with Crippen LogP contribution in [0.1, 0.15) is 18.5 Å². The first-order chi connectivity index (χ1) is 9.22. The van der Waals surface area contributed by atoms with Gasteiger partial charge in [0.1, 0.15) is 0 Å². The summed E-state index contributed by atoms with van der Waals surface area (Å²) < 4.78 is 1.94. The van der Waals surface area contributed by atoms with E-state index in [1.54, 1.807) is 6.20 Å². The van der Waals surface area contributed by atoms with Crippen molar-refractivity contribution in [3.05, 3.63) is 53.3 Å². The Morgan fingerprint density at radius 2 is 2.05 bits per heavy atom. The van der Waals surface area contributed by atoms with Gasteiger partial charge in [-0.15, -0.1) is 0 Å². The van der Waals surface area contributed by atoms with Crippen molar-refractivity contribution in [1.82, 2.24) is 14.7 Å². The molecule has 2 aromatic rings. The zero-order valence-electron chi connectivity index (χ0n) is 11.0. The van der Waals surface area contributed by atoms with Crippen LogP contribution in [0.4, 0.5) is 0 Å².